The lowest BCUT2D eigenvalue weighted by molar-refractivity contribution is -0.132. The van der Waals surface area contributed by atoms with Gasteiger partial charge in [-0.05, 0) is 32.3 Å². The van der Waals surface area contributed by atoms with Crippen molar-refractivity contribution in [2.45, 2.75) is 32.2 Å². The molecule has 0 saturated carbocycles. The fraction of sp³-hybridized carbons (Fsp3) is 0.500. The van der Waals surface area contributed by atoms with Gasteiger partial charge in [0.2, 0.25) is 11.8 Å². The van der Waals surface area contributed by atoms with Crippen LogP contribution in [0.15, 0.2) is 18.2 Å². The maximum Gasteiger partial charge on any atom is 0.249 e. The summed E-state index contributed by atoms with van der Waals surface area (Å²) in [6.07, 6.45) is 3.28. The van der Waals surface area contributed by atoms with Gasteiger partial charge >= 0.3 is 0 Å². The molecule has 2 aliphatic heterocycles. The molecular formula is C16H21N3O2. The first-order valence-corrected chi connectivity index (χ1v) is 7.53. The number of hydrogen-bond donors (Lipinski definition) is 1. The first-order valence-electron chi connectivity index (χ1n) is 7.53. The molecule has 2 amide bonds. The number of hydrogen-bond acceptors (Lipinski definition) is 3. The number of amides is 2. The van der Waals surface area contributed by atoms with Crippen LogP contribution >= 0.6 is 0 Å². The molecule has 21 heavy (non-hydrogen) atoms. The van der Waals surface area contributed by atoms with E-state index in [-0.39, 0.29) is 18.4 Å². The zero-order chi connectivity index (χ0) is 15.0. The maximum atomic E-state index is 12.4. The van der Waals surface area contributed by atoms with Crippen molar-refractivity contribution in [2.75, 3.05) is 24.5 Å². The molecule has 1 atom stereocenters. The molecule has 0 aromatic heterocycles. The summed E-state index contributed by atoms with van der Waals surface area (Å²) in [4.78, 5) is 28.1. The molecule has 5 nitrogen and oxygen atoms in total. The van der Waals surface area contributed by atoms with Crippen LogP contribution < -0.4 is 10.6 Å². The molecule has 112 valence electrons. The summed E-state index contributed by atoms with van der Waals surface area (Å²) in [5.41, 5.74) is 8.66. The summed E-state index contributed by atoms with van der Waals surface area (Å²) in [6.45, 7) is 3.67. The summed E-state index contributed by atoms with van der Waals surface area (Å²) in [6, 6.07) is 5.12. The van der Waals surface area contributed by atoms with E-state index < -0.39 is 6.04 Å². The molecule has 1 fully saturated rings. The van der Waals surface area contributed by atoms with Gasteiger partial charge in [-0.3, -0.25) is 9.59 Å². The number of benzene rings is 1. The quantitative estimate of drug-likeness (QED) is 0.893. The number of piperidine rings is 1. The third-order valence-corrected chi connectivity index (χ3v) is 4.34. The van der Waals surface area contributed by atoms with Crippen molar-refractivity contribution < 1.29 is 9.59 Å². The lowest BCUT2D eigenvalue weighted by Gasteiger charge is -2.28. The van der Waals surface area contributed by atoms with Gasteiger partial charge in [0, 0.05) is 24.3 Å². The largest absolute Gasteiger partial charge is 0.341 e. The standard InChI is InChI=1S/C16H21N3O2/c1-11-5-6-13-12(9-11)15(17)16(21)19(13)10-14(20)18-7-3-2-4-8-18/h5-6,9,15H,2-4,7-8,10,17H2,1H3. The average Bonchev–Trinajstić information content (AvgIpc) is 2.73. The Morgan fingerprint density at radius 1 is 1.29 bits per heavy atom. The Hall–Kier alpha value is -1.88. The van der Waals surface area contributed by atoms with Gasteiger partial charge in [0.25, 0.3) is 0 Å². The van der Waals surface area contributed by atoms with Crippen LogP contribution in [0.2, 0.25) is 0 Å². The first-order chi connectivity index (χ1) is 10.1. The van der Waals surface area contributed by atoms with E-state index in [1.54, 1.807) is 0 Å². The molecule has 1 saturated heterocycles. The predicted octanol–water partition coefficient (Wildman–Crippen LogP) is 1.35. The smallest absolute Gasteiger partial charge is 0.249 e. The van der Waals surface area contributed by atoms with Gasteiger partial charge in [-0.2, -0.15) is 0 Å². The second kappa shape index (κ2) is 5.48. The van der Waals surface area contributed by atoms with E-state index in [0.717, 1.165) is 42.7 Å². The highest BCUT2D eigenvalue weighted by molar-refractivity contribution is 6.07. The molecule has 5 heteroatoms. The zero-order valence-electron chi connectivity index (χ0n) is 12.3. The van der Waals surface area contributed by atoms with E-state index >= 15 is 0 Å². The lowest BCUT2D eigenvalue weighted by atomic mass is 10.1. The number of likely N-dealkylation sites (tertiary alicyclic amines) is 1. The minimum Gasteiger partial charge on any atom is -0.341 e. The number of fused-ring (bicyclic) bond motifs is 1. The molecule has 2 N–H and O–H groups in total. The Balaban J connectivity index is 1.80. The summed E-state index contributed by atoms with van der Waals surface area (Å²) in [7, 11) is 0. The number of anilines is 1. The average molecular weight is 287 g/mol. The van der Waals surface area contributed by atoms with Crippen molar-refractivity contribution in [3.8, 4) is 0 Å². The third kappa shape index (κ3) is 2.53. The van der Waals surface area contributed by atoms with Crippen molar-refractivity contribution in [3.63, 3.8) is 0 Å². The molecule has 1 aromatic carbocycles. The Labute approximate surface area is 124 Å². The Kier molecular flexibility index (Phi) is 3.68. The van der Waals surface area contributed by atoms with Gasteiger partial charge in [0.05, 0.1) is 0 Å². The fourth-order valence-electron chi connectivity index (χ4n) is 3.13. The molecule has 2 aliphatic rings. The number of aryl methyl sites for hydroxylation is 1. The molecule has 1 unspecified atom stereocenters. The predicted molar refractivity (Wildman–Crippen MR) is 80.9 cm³/mol. The minimum atomic E-state index is -0.644. The van der Waals surface area contributed by atoms with E-state index in [2.05, 4.69) is 0 Å². The van der Waals surface area contributed by atoms with Crippen LogP contribution in [-0.2, 0) is 9.59 Å². The molecule has 0 radical (unpaired) electrons. The minimum absolute atomic E-state index is 0.0173. The molecular weight excluding hydrogens is 266 g/mol. The number of carbonyl (C=O) groups excluding carboxylic acids is 2. The molecule has 0 spiro atoms. The molecule has 3 rings (SSSR count). The van der Waals surface area contributed by atoms with Crippen molar-refractivity contribution in [2.24, 2.45) is 5.73 Å². The van der Waals surface area contributed by atoms with Crippen LogP contribution in [0.5, 0.6) is 0 Å². The van der Waals surface area contributed by atoms with Crippen molar-refractivity contribution in [3.05, 3.63) is 29.3 Å². The van der Waals surface area contributed by atoms with E-state index in [9.17, 15) is 9.59 Å². The van der Waals surface area contributed by atoms with Gasteiger partial charge in [-0.25, -0.2) is 0 Å². The number of carbonyl (C=O) groups is 2. The zero-order valence-corrected chi connectivity index (χ0v) is 12.3. The van der Waals surface area contributed by atoms with E-state index in [0.29, 0.717) is 0 Å². The molecule has 0 aliphatic carbocycles. The molecule has 2 heterocycles. The second-order valence-corrected chi connectivity index (χ2v) is 5.91. The van der Waals surface area contributed by atoms with Gasteiger partial charge in [-0.1, -0.05) is 17.7 Å². The molecule has 1 aromatic rings. The van der Waals surface area contributed by atoms with Crippen LogP contribution in [0.25, 0.3) is 0 Å². The highest BCUT2D eigenvalue weighted by Crippen LogP contribution is 2.35. The Morgan fingerprint density at radius 2 is 2.00 bits per heavy atom. The summed E-state index contributed by atoms with van der Waals surface area (Å²) >= 11 is 0. The van der Waals surface area contributed by atoms with E-state index in [1.807, 2.05) is 30.0 Å². The number of rotatable bonds is 2. The van der Waals surface area contributed by atoms with Crippen molar-refractivity contribution in [1.29, 1.82) is 0 Å². The van der Waals surface area contributed by atoms with E-state index in [1.165, 1.54) is 11.3 Å². The highest BCUT2D eigenvalue weighted by atomic mass is 16.2. The number of nitrogens with zero attached hydrogens (tertiary/aromatic N) is 2. The van der Waals surface area contributed by atoms with Crippen molar-refractivity contribution in [1.82, 2.24) is 4.90 Å². The van der Waals surface area contributed by atoms with Gasteiger partial charge < -0.3 is 15.5 Å². The highest BCUT2D eigenvalue weighted by Gasteiger charge is 2.36. The fourth-order valence-corrected chi connectivity index (χ4v) is 3.13. The summed E-state index contributed by atoms with van der Waals surface area (Å²) in [5, 5.41) is 0. The van der Waals surface area contributed by atoms with Crippen LogP contribution in [0.1, 0.15) is 36.4 Å². The van der Waals surface area contributed by atoms with Crippen LogP contribution in [0, 0.1) is 6.92 Å². The van der Waals surface area contributed by atoms with Crippen LogP contribution in [0.3, 0.4) is 0 Å². The summed E-state index contributed by atoms with van der Waals surface area (Å²) < 4.78 is 0. The Bertz CT molecular complexity index is 579. The van der Waals surface area contributed by atoms with Gasteiger partial charge in [0.1, 0.15) is 12.6 Å². The number of nitrogens with two attached hydrogens (primary N) is 1. The third-order valence-electron chi connectivity index (χ3n) is 4.34. The van der Waals surface area contributed by atoms with E-state index in [4.69, 9.17) is 5.73 Å². The lowest BCUT2D eigenvalue weighted by Crippen LogP contribution is -2.44. The topological polar surface area (TPSA) is 66.6 Å². The second-order valence-electron chi connectivity index (χ2n) is 5.91. The summed E-state index contributed by atoms with van der Waals surface area (Å²) in [5.74, 6) is -0.162. The molecule has 0 bridgehead atoms. The van der Waals surface area contributed by atoms with Crippen LogP contribution in [0.4, 0.5) is 5.69 Å². The van der Waals surface area contributed by atoms with Crippen molar-refractivity contribution >= 4 is 17.5 Å². The Morgan fingerprint density at radius 3 is 2.71 bits per heavy atom. The van der Waals surface area contributed by atoms with Gasteiger partial charge in [0.15, 0.2) is 0 Å². The monoisotopic (exact) mass is 287 g/mol. The normalized spacial score (nSPS) is 21.6. The maximum absolute atomic E-state index is 12.4. The first kappa shape index (κ1) is 14.1. The van der Waals surface area contributed by atoms with Gasteiger partial charge in [-0.15, -0.1) is 0 Å². The SMILES string of the molecule is Cc1ccc2c(c1)C(N)C(=O)N2CC(=O)N1CCCCC1. The van der Waals surface area contributed by atoms with Crippen LogP contribution in [-0.4, -0.2) is 36.3 Å².